The molecule has 7 nitrogen and oxygen atoms in total. The van der Waals surface area contributed by atoms with Crippen LogP contribution in [-0.4, -0.2) is 49.8 Å². The number of carbonyl (C=O) groups is 1. The molecule has 21 heavy (non-hydrogen) atoms. The van der Waals surface area contributed by atoms with E-state index in [4.69, 9.17) is 5.84 Å². The van der Waals surface area contributed by atoms with Crippen molar-refractivity contribution in [2.75, 3.05) is 31.0 Å². The number of nitrogen functional groups attached to an aromatic ring is 1. The second kappa shape index (κ2) is 7.37. The molecule has 0 radical (unpaired) electrons. The lowest BCUT2D eigenvalue weighted by Gasteiger charge is -2.17. The van der Waals surface area contributed by atoms with Crippen LogP contribution in [0.4, 0.5) is 5.82 Å². The summed E-state index contributed by atoms with van der Waals surface area (Å²) >= 11 is 0. The molecule has 0 aromatic carbocycles. The van der Waals surface area contributed by atoms with Crippen LogP contribution in [0.5, 0.6) is 0 Å². The first-order valence-corrected chi connectivity index (χ1v) is 8.73. The Hall–Kier alpha value is -1.67. The summed E-state index contributed by atoms with van der Waals surface area (Å²) in [6.07, 6.45) is 2.79. The molecule has 0 aliphatic carbocycles. The number of carbonyl (C=O) groups excluding carboxylic acids is 1. The van der Waals surface area contributed by atoms with Crippen LogP contribution in [0.25, 0.3) is 0 Å². The number of amides is 1. The summed E-state index contributed by atoms with van der Waals surface area (Å²) in [5.41, 5.74) is 3.65. The fourth-order valence-corrected chi connectivity index (χ4v) is 2.40. The first-order valence-electron chi connectivity index (χ1n) is 6.67. The second-order valence-electron chi connectivity index (χ2n) is 4.98. The van der Waals surface area contributed by atoms with Crippen LogP contribution in [-0.2, 0) is 16.3 Å². The quantitative estimate of drug-likeness (QED) is 0.559. The van der Waals surface area contributed by atoms with Gasteiger partial charge in [-0.15, -0.1) is 0 Å². The summed E-state index contributed by atoms with van der Waals surface area (Å²) in [5, 5.41) is 0. The number of nitrogens with one attached hydrogen (secondary N) is 1. The van der Waals surface area contributed by atoms with E-state index in [1.54, 1.807) is 19.2 Å². The van der Waals surface area contributed by atoms with Crippen molar-refractivity contribution in [3.63, 3.8) is 0 Å². The van der Waals surface area contributed by atoms with Gasteiger partial charge in [-0.05, 0) is 18.6 Å². The van der Waals surface area contributed by atoms with E-state index in [1.807, 2.05) is 6.92 Å². The SMILES string of the molecule is CCCc1cc(C(=O)N(C)CCS(C)(=O)=O)cc(NN)n1. The molecule has 1 aromatic rings. The van der Waals surface area contributed by atoms with Gasteiger partial charge in [0.05, 0.1) is 5.75 Å². The van der Waals surface area contributed by atoms with Crippen LogP contribution < -0.4 is 11.3 Å². The molecular weight excluding hydrogens is 292 g/mol. The number of sulfone groups is 1. The van der Waals surface area contributed by atoms with Gasteiger partial charge in [-0.2, -0.15) is 0 Å². The maximum Gasteiger partial charge on any atom is 0.253 e. The monoisotopic (exact) mass is 314 g/mol. The molecule has 0 aliphatic rings. The van der Waals surface area contributed by atoms with E-state index >= 15 is 0 Å². The molecule has 8 heteroatoms. The van der Waals surface area contributed by atoms with E-state index in [-0.39, 0.29) is 18.2 Å². The van der Waals surface area contributed by atoms with Gasteiger partial charge in [-0.25, -0.2) is 19.2 Å². The van der Waals surface area contributed by atoms with E-state index < -0.39 is 9.84 Å². The van der Waals surface area contributed by atoms with Gasteiger partial charge in [0.1, 0.15) is 15.7 Å². The van der Waals surface area contributed by atoms with Crippen molar-refractivity contribution >= 4 is 21.6 Å². The number of hydrogen-bond donors (Lipinski definition) is 2. The maximum atomic E-state index is 12.3. The van der Waals surface area contributed by atoms with Crippen LogP contribution in [0.15, 0.2) is 12.1 Å². The minimum atomic E-state index is -3.10. The van der Waals surface area contributed by atoms with Crippen molar-refractivity contribution in [1.82, 2.24) is 9.88 Å². The largest absolute Gasteiger partial charge is 0.341 e. The van der Waals surface area contributed by atoms with Crippen molar-refractivity contribution < 1.29 is 13.2 Å². The zero-order valence-corrected chi connectivity index (χ0v) is 13.4. The van der Waals surface area contributed by atoms with E-state index in [2.05, 4.69) is 10.4 Å². The number of aromatic nitrogens is 1. The predicted octanol–water partition coefficient (Wildman–Crippen LogP) is 0.436. The Balaban J connectivity index is 2.92. The highest BCUT2D eigenvalue weighted by Gasteiger charge is 2.15. The van der Waals surface area contributed by atoms with E-state index in [1.165, 1.54) is 4.90 Å². The highest BCUT2D eigenvalue weighted by Crippen LogP contribution is 2.13. The predicted molar refractivity (Wildman–Crippen MR) is 82.7 cm³/mol. The Morgan fingerprint density at radius 3 is 2.62 bits per heavy atom. The number of aryl methyl sites for hydroxylation is 1. The summed E-state index contributed by atoms with van der Waals surface area (Å²) in [6.45, 7) is 2.17. The van der Waals surface area contributed by atoms with Crippen LogP contribution in [0.1, 0.15) is 29.4 Å². The molecule has 0 saturated heterocycles. The molecule has 0 aliphatic heterocycles. The van der Waals surface area contributed by atoms with Gasteiger partial charge in [0.15, 0.2) is 0 Å². The zero-order valence-electron chi connectivity index (χ0n) is 12.6. The third-order valence-corrected chi connectivity index (χ3v) is 3.85. The lowest BCUT2D eigenvalue weighted by Crippen LogP contribution is -2.31. The van der Waals surface area contributed by atoms with Crippen LogP contribution in [0, 0.1) is 0 Å². The Labute approximate surface area is 125 Å². The molecule has 0 saturated carbocycles. The number of hydrazine groups is 1. The fraction of sp³-hybridized carbons (Fsp3) is 0.538. The number of nitrogens with two attached hydrogens (primary N) is 1. The van der Waals surface area contributed by atoms with E-state index in [9.17, 15) is 13.2 Å². The van der Waals surface area contributed by atoms with Gasteiger partial charge in [0.25, 0.3) is 5.91 Å². The minimum absolute atomic E-state index is 0.0653. The number of pyridine rings is 1. The topological polar surface area (TPSA) is 105 Å². The Morgan fingerprint density at radius 2 is 2.10 bits per heavy atom. The Kier molecular flexibility index (Phi) is 6.10. The lowest BCUT2D eigenvalue weighted by atomic mass is 10.1. The van der Waals surface area contributed by atoms with Gasteiger partial charge in [-0.1, -0.05) is 13.3 Å². The first kappa shape index (κ1) is 17.4. The maximum absolute atomic E-state index is 12.3. The second-order valence-corrected chi connectivity index (χ2v) is 7.24. The smallest absolute Gasteiger partial charge is 0.253 e. The van der Waals surface area contributed by atoms with Gasteiger partial charge >= 0.3 is 0 Å². The number of rotatable bonds is 7. The summed E-state index contributed by atoms with van der Waals surface area (Å²) in [5.74, 6) is 5.46. The molecule has 1 heterocycles. The zero-order chi connectivity index (χ0) is 16.0. The third-order valence-electron chi connectivity index (χ3n) is 2.92. The first-order chi connectivity index (χ1) is 9.76. The van der Waals surface area contributed by atoms with Crippen molar-refractivity contribution in [2.24, 2.45) is 5.84 Å². The minimum Gasteiger partial charge on any atom is -0.341 e. The molecule has 0 bridgehead atoms. The van der Waals surface area contributed by atoms with Crippen molar-refractivity contribution in [1.29, 1.82) is 0 Å². The average Bonchev–Trinajstić information content (AvgIpc) is 2.43. The lowest BCUT2D eigenvalue weighted by molar-refractivity contribution is 0.0803. The molecule has 0 fully saturated rings. The third kappa shape index (κ3) is 5.68. The molecule has 118 valence electrons. The van der Waals surface area contributed by atoms with E-state index in [0.29, 0.717) is 11.4 Å². The fourth-order valence-electron chi connectivity index (χ4n) is 1.79. The molecular formula is C13H22N4O3S. The molecule has 0 unspecified atom stereocenters. The molecule has 0 atom stereocenters. The number of anilines is 1. The Morgan fingerprint density at radius 1 is 1.43 bits per heavy atom. The molecule has 1 amide bonds. The molecule has 1 rings (SSSR count). The average molecular weight is 314 g/mol. The molecule has 3 N–H and O–H groups in total. The van der Waals surface area contributed by atoms with Gasteiger partial charge < -0.3 is 10.3 Å². The van der Waals surface area contributed by atoms with Gasteiger partial charge in [0.2, 0.25) is 0 Å². The van der Waals surface area contributed by atoms with Crippen molar-refractivity contribution in [3.05, 3.63) is 23.4 Å². The molecule has 0 spiro atoms. The van der Waals surface area contributed by atoms with Crippen LogP contribution in [0.2, 0.25) is 0 Å². The summed E-state index contributed by atoms with van der Waals surface area (Å²) in [4.78, 5) is 18.0. The summed E-state index contributed by atoms with van der Waals surface area (Å²) in [7, 11) is -1.53. The normalized spacial score (nSPS) is 11.2. The standard InChI is InChI=1S/C13H22N4O3S/c1-4-5-11-8-10(9-12(15-11)16-14)13(18)17(2)6-7-21(3,19)20/h8-9H,4-7,14H2,1-3H3,(H,15,16). The summed E-state index contributed by atoms with van der Waals surface area (Å²) < 4.78 is 22.3. The van der Waals surface area contributed by atoms with Crippen LogP contribution >= 0.6 is 0 Å². The van der Waals surface area contributed by atoms with Crippen LogP contribution in [0.3, 0.4) is 0 Å². The summed E-state index contributed by atoms with van der Waals surface area (Å²) in [6, 6.07) is 3.27. The van der Waals surface area contributed by atoms with Gasteiger partial charge in [0, 0.05) is 31.1 Å². The highest BCUT2D eigenvalue weighted by atomic mass is 32.2. The Bertz CT molecular complexity index is 601. The van der Waals surface area contributed by atoms with Crippen molar-refractivity contribution in [2.45, 2.75) is 19.8 Å². The van der Waals surface area contributed by atoms with Gasteiger partial charge in [-0.3, -0.25) is 4.79 Å². The number of nitrogens with zero attached hydrogens (tertiary/aromatic N) is 2. The van der Waals surface area contributed by atoms with Crippen molar-refractivity contribution in [3.8, 4) is 0 Å². The number of hydrogen-bond acceptors (Lipinski definition) is 6. The molecule has 1 aromatic heterocycles. The highest BCUT2D eigenvalue weighted by molar-refractivity contribution is 7.90. The van der Waals surface area contributed by atoms with E-state index in [0.717, 1.165) is 24.8 Å².